The fraction of sp³-hybridized carbons (Fsp3) is 0.0714. The number of halogens is 1. The Bertz CT molecular complexity index is 579. The molecule has 0 bridgehead atoms. The molecule has 0 unspecified atom stereocenters. The summed E-state index contributed by atoms with van der Waals surface area (Å²) < 4.78 is 0.992. The minimum Gasteiger partial charge on any atom is -0.481 e. The van der Waals surface area contributed by atoms with Gasteiger partial charge in [-0.1, -0.05) is 46.3 Å². The first kappa shape index (κ1) is 12.6. The van der Waals surface area contributed by atoms with Crippen molar-refractivity contribution >= 4 is 27.6 Å². The van der Waals surface area contributed by atoms with E-state index in [1.807, 2.05) is 36.4 Å². The molecule has 0 amide bonds. The van der Waals surface area contributed by atoms with Crippen LogP contribution >= 0.6 is 15.9 Å². The number of carbonyl (C=O) groups is 1. The van der Waals surface area contributed by atoms with E-state index in [9.17, 15) is 4.79 Å². The van der Waals surface area contributed by atoms with Gasteiger partial charge < -0.3 is 10.8 Å². The topological polar surface area (TPSA) is 63.3 Å². The average molecular weight is 306 g/mol. The zero-order chi connectivity index (χ0) is 13.1. The molecule has 0 spiro atoms. The molecule has 0 aliphatic heterocycles. The number of carboxylic acids is 1. The minimum atomic E-state index is -0.880. The van der Waals surface area contributed by atoms with Gasteiger partial charge in [-0.2, -0.15) is 0 Å². The van der Waals surface area contributed by atoms with Crippen LogP contribution in [-0.2, 0) is 11.2 Å². The fourth-order valence-electron chi connectivity index (χ4n) is 1.81. The summed E-state index contributed by atoms with van der Waals surface area (Å²) in [5.41, 5.74) is 9.04. The van der Waals surface area contributed by atoms with E-state index >= 15 is 0 Å². The molecule has 0 aromatic heterocycles. The zero-order valence-corrected chi connectivity index (χ0v) is 11.1. The summed E-state index contributed by atoms with van der Waals surface area (Å²) in [4.78, 5) is 10.8. The van der Waals surface area contributed by atoms with Gasteiger partial charge >= 0.3 is 5.97 Å². The molecule has 18 heavy (non-hydrogen) atoms. The molecule has 0 atom stereocenters. The Hall–Kier alpha value is -1.81. The number of rotatable bonds is 3. The van der Waals surface area contributed by atoms with Crippen LogP contribution in [0.2, 0.25) is 0 Å². The van der Waals surface area contributed by atoms with Crippen molar-refractivity contribution < 1.29 is 9.90 Å². The predicted molar refractivity (Wildman–Crippen MR) is 75.3 cm³/mol. The van der Waals surface area contributed by atoms with Crippen molar-refractivity contribution in [2.75, 3.05) is 5.73 Å². The Kier molecular flexibility index (Phi) is 3.67. The lowest BCUT2D eigenvalue weighted by Crippen LogP contribution is -2.04. The van der Waals surface area contributed by atoms with Crippen LogP contribution in [0.25, 0.3) is 11.1 Å². The second-order valence-electron chi connectivity index (χ2n) is 3.96. The number of para-hydroxylation sites is 1. The molecule has 0 aliphatic carbocycles. The lowest BCUT2D eigenvalue weighted by atomic mass is 9.99. The second kappa shape index (κ2) is 5.23. The molecule has 4 heteroatoms. The van der Waals surface area contributed by atoms with Crippen LogP contribution in [0, 0.1) is 0 Å². The highest BCUT2D eigenvalue weighted by atomic mass is 79.9. The van der Waals surface area contributed by atoms with Gasteiger partial charge in [0.05, 0.1) is 6.42 Å². The monoisotopic (exact) mass is 305 g/mol. The van der Waals surface area contributed by atoms with E-state index < -0.39 is 5.97 Å². The first-order valence-electron chi connectivity index (χ1n) is 5.43. The second-order valence-corrected chi connectivity index (χ2v) is 4.87. The minimum absolute atomic E-state index is 0.0593. The van der Waals surface area contributed by atoms with E-state index in [1.54, 1.807) is 6.07 Å². The molecule has 92 valence electrons. The van der Waals surface area contributed by atoms with Gasteiger partial charge in [0, 0.05) is 15.7 Å². The summed E-state index contributed by atoms with van der Waals surface area (Å²) in [6.45, 7) is 0. The quantitative estimate of drug-likeness (QED) is 0.855. The molecule has 0 fully saturated rings. The number of nitrogens with two attached hydrogens (primary N) is 1. The average Bonchev–Trinajstić information content (AvgIpc) is 2.33. The molecular weight excluding hydrogens is 294 g/mol. The van der Waals surface area contributed by atoms with E-state index in [0.29, 0.717) is 11.3 Å². The molecule has 3 nitrogen and oxygen atoms in total. The number of hydrogen-bond donors (Lipinski definition) is 2. The summed E-state index contributed by atoms with van der Waals surface area (Å²) in [6.07, 6.45) is -0.0593. The summed E-state index contributed by atoms with van der Waals surface area (Å²) in [6, 6.07) is 13.2. The molecule has 2 rings (SSSR count). The third-order valence-corrected chi connectivity index (χ3v) is 3.22. The summed E-state index contributed by atoms with van der Waals surface area (Å²) >= 11 is 3.37. The predicted octanol–water partition coefficient (Wildman–Crippen LogP) is 3.33. The van der Waals surface area contributed by atoms with E-state index in [0.717, 1.165) is 15.6 Å². The Labute approximate surface area is 113 Å². The third-order valence-electron chi connectivity index (χ3n) is 2.69. The van der Waals surface area contributed by atoms with E-state index in [2.05, 4.69) is 15.9 Å². The summed E-state index contributed by atoms with van der Waals surface area (Å²) in [5.74, 6) is -0.880. The van der Waals surface area contributed by atoms with Crippen molar-refractivity contribution in [3.8, 4) is 11.1 Å². The maximum Gasteiger partial charge on any atom is 0.307 e. The van der Waals surface area contributed by atoms with Gasteiger partial charge in [0.1, 0.15) is 0 Å². The van der Waals surface area contributed by atoms with E-state index in [4.69, 9.17) is 10.8 Å². The highest BCUT2D eigenvalue weighted by Gasteiger charge is 2.09. The molecule has 3 N–H and O–H groups in total. The van der Waals surface area contributed by atoms with Gasteiger partial charge in [0.15, 0.2) is 0 Å². The molecule has 2 aromatic rings. The first-order valence-corrected chi connectivity index (χ1v) is 6.22. The van der Waals surface area contributed by atoms with Crippen LogP contribution in [0.15, 0.2) is 46.9 Å². The molecule has 0 radical (unpaired) electrons. The van der Waals surface area contributed by atoms with Crippen molar-refractivity contribution in [1.29, 1.82) is 0 Å². The number of anilines is 1. The van der Waals surface area contributed by atoms with Crippen LogP contribution in [0.5, 0.6) is 0 Å². The van der Waals surface area contributed by atoms with Gasteiger partial charge in [-0.05, 0) is 23.3 Å². The lowest BCUT2D eigenvalue weighted by molar-refractivity contribution is -0.136. The van der Waals surface area contributed by atoms with Crippen molar-refractivity contribution in [2.45, 2.75) is 6.42 Å². The van der Waals surface area contributed by atoms with Crippen molar-refractivity contribution in [2.24, 2.45) is 0 Å². The summed E-state index contributed by atoms with van der Waals surface area (Å²) in [7, 11) is 0. The molecular formula is C14H12BrNO2. The Balaban J connectivity index is 2.45. The van der Waals surface area contributed by atoms with Gasteiger partial charge in [-0.15, -0.1) is 0 Å². The smallest absolute Gasteiger partial charge is 0.307 e. The maximum atomic E-state index is 10.8. The highest BCUT2D eigenvalue weighted by molar-refractivity contribution is 9.10. The van der Waals surface area contributed by atoms with Crippen LogP contribution in [0.1, 0.15) is 5.56 Å². The third kappa shape index (κ3) is 2.71. The summed E-state index contributed by atoms with van der Waals surface area (Å²) in [5, 5.41) is 8.83. The van der Waals surface area contributed by atoms with Crippen LogP contribution in [-0.4, -0.2) is 11.1 Å². The molecule has 2 aromatic carbocycles. The highest BCUT2D eigenvalue weighted by Crippen LogP contribution is 2.29. The zero-order valence-electron chi connectivity index (χ0n) is 9.56. The van der Waals surface area contributed by atoms with Crippen LogP contribution < -0.4 is 5.73 Å². The van der Waals surface area contributed by atoms with Gasteiger partial charge in [-0.25, -0.2) is 0 Å². The molecule has 0 heterocycles. The largest absolute Gasteiger partial charge is 0.481 e. The lowest BCUT2D eigenvalue weighted by Gasteiger charge is -2.10. The maximum absolute atomic E-state index is 10.8. The van der Waals surface area contributed by atoms with Gasteiger partial charge in [0.25, 0.3) is 0 Å². The van der Waals surface area contributed by atoms with Crippen LogP contribution in [0.3, 0.4) is 0 Å². The van der Waals surface area contributed by atoms with Crippen molar-refractivity contribution in [1.82, 2.24) is 0 Å². The molecule has 0 aliphatic rings. The number of benzene rings is 2. The van der Waals surface area contributed by atoms with E-state index in [1.165, 1.54) is 0 Å². The normalized spacial score (nSPS) is 10.3. The molecule has 0 saturated heterocycles. The van der Waals surface area contributed by atoms with Crippen LogP contribution in [0.4, 0.5) is 5.69 Å². The van der Waals surface area contributed by atoms with Crippen molar-refractivity contribution in [3.63, 3.8) is 0 Å². The Morgan fingerprint density at radius 3 is 2.44 bits per heavy atom. The van der Waals surface area contributed by atoms with Gasteiger partial charge in [-0.3, -0.25) is 4.79 Å². The number of hydrogen-bond acceptors (Lipinski definition) is 2. The Morgan fingerprint density at radius 2 is 1.83 bits per heavy atom. The standard InChI is InChI=1S/C14H12BrNO2/c15-11-6-4-9(5-7-11)12-3-1-2-10(14(12)16)8-13(17)18/h1-7H,8,16H2,(H,17,18). The number of nitrogen functional groups attached to an aromatic ring is 1. The SMILES string of the molecule is Nc1c(CC(=O)O)cccc1-c1ccc(Br)cc1. The Morgan fingerprint density at radius 1 is 1.17 bits per heavy atom. The number of carboxylic acid groups (broad SMARTS) is 1. The first-order chi connectivity index (χ1) is 8.58. The van der Waals surface area contributed by atoms with Gasteiger partial charge in [0.2, 0.25) is 0 Å². The molecule has 0 saturated carbocycles. The number of aliphatic carboxylic acids is 1. The van der Waals surface area contributed by atoms with E-state index in [-0.39, 0.29) is 6.42 Å². The fourth-order valence-corrected chi connectivity index (χ4v) is 2.08. The van der Waals surface area contributed by atoms with Crippen molar-refractivity contribution in [3.05, 3.63) is 52.5 Å².